The van der Waals surface area contributed by atoms with Crippen molar-refractivity contribution in [3.63, 3.8) is 0 Å². The third-order valence-corrected chi connectivity index (χ3v) is 3.68. The predicted molar refractivity (Wildman–Crippen MR) is 84.3 cm³/mol. The number of halogens is 1. The van der Waals surface area contributed by atoms with Crippen LogP contribution in [0.4, 0.5) is 0 Å². The van der Waals surface area contributed by atoms with Crippen molar-refractivity contribution in [1.82, 2.24) is 10.2 Å². The normalized spacial score (nSPS) is 23.1. The van der Waals surface area contributed by atoms with Crippen molar-refractivity contribution in [2.45, 2.75) is 45.2 Å². The van der Waals surface area contributed by atoms with Gasteiger partial charge in [0.1, 0.15) is 0 Å². The molecule has 3 atom stereocenters. The Kier molecular flexibility index (Phi) is 9.57. The first-order chi connectivity index (χ1) is 9.45. The van der Waals surface area contributed by atoms with E-state index in [0.717, 1.165) is 12.8 Å². The van der Waals surface area contributed by atoms with E-state index in [1.807, 2.05) is 13.8 Å². The summed E-state index contributed by atoms with van der Waals surface area (Å²) in [7, 11) is 1.60. The van der Waals surface area contributed by atoms with Crippen LogP contribution in [0.25, 0.3) is 0 Å². The maximum Gasteiger partial charge on any atom is 0.224 e. The molecule has 1 saturated heterocycles. The minimum atomic E-state index is -0.148. The summed E-state index contributed by atoms with van der Waals surface area (Å²) < 4.78 is 4.91. The molecule has 124 valence electrons. The molecule has 1 heterocycles. The maximum atomic E-state index is 12.1. The Bertz CT molecular complexity index is 339. The van der Waals surface area contributed by atoms with Crippen LogP contribution >= 0.6 is 12.4 Å². The van der Waals surface area contributed by atoms with Crippen molar-refractivity contribution in [3.8, 4) is 0 Å². The summed E-state index contributed by atoms with van der Waals surface area (Å²) in [5, 5.41) is 2.84. The molecular weight excluding hydrogens is 294 g/mol. The second-order valence-corrected chi connectivity index (χ2v) is 5.63. The lowest BCUT2D eigenvalue weighted by molar-refractivity contribution is -0.138. The van der Waals surface area contributed by atoms with Crippen LogP contribution in [0, 0.1) is 5.92 Å². The number of methoxy groups -OCH3 is 1. The van der Waals surface area contributed by atoms with Gasteiger partial charge in [0.05, 0.1) is 12.5 Å². The molecule has 0 aromatic rings. The van der Waals surface area contributed by atoms with Gasteiger partial charge < -0.3 is 20.7 Å². The van der Waals surface area contributed by atoms with Crippen LogP contribution in [0.5, 0.6) is 0 Å². The quantitative estimate of drug-likeness (QED) is 0.699. The number of nitrogens with two attached hydrogens (primary N) is 1. The topological polar surface area (TPSA) is 84.7 Å². The summed E-state index contributed by atoms with van der Waals surface area (Å²) in [6.07, 6.45) is 2.01. The average Bonchev–Trinajstić information content (AvgIpc) is 2.38. The smallest absolute Gasteiger partial charge is 0.224 e. The molecule has 0 bridgehead atoms. The molecular formula is C14H28ClN3O3. The summed E-state index contributed by atoms with van der Waals surface area (Å²) in [5.74, 6) is -0.0745. The average molecular weight is 322 g/mol. The highest BCUT2D eigenvalue weighted by Gasteiger charge is 2.32. The van der Waals surface area contributed by atoms with Crippen LogP contribution in [0.2, 0.25) is 0 Å². The minimum Gasteiger partial charge on any atom is -0.383 e. The molecule has 3 N–H and O–H groups in total. The first-order valence-electron chi connectivity index (χ1n) is 7.27. The zero-order valence-corrected chi connectivity index (χ0v) is 13.9. The van der Waals surface area contributed by atoms with Gasteiger partial charge in [-0.3, -0.25) is 9.59 Å². The molecule has 0 saturated carbocycles. The Morgan fingerprint density at radius 2 is 2.10 bits per heavy atom. The standard InChI is InChI=1S/C14H27N3O3.ClH/c1-10(15)8-13(18)17-9-12(5-4-11(17)2)14(19)16-6-7-20-3;/h10-12H,4-9,15H2,1-3H3,(H,16,19);1H. The Balaban J connectivity index is 0.00000400. The molecule has 7 heteroatoms. The third-order valence-electron chi connectivity index (χ3n) is 3.68. The van der Waals surface area contributed by atoms with Gasteiger partial charge in [0, 0.05) is 38.7 Å². The van der Waals surface area contributed by atoms with Gasteiger partial charge in [-0.05, 0) is 26.7 Å². The highest BCUT2D eigenvalue weighted by Crippen LogP contribution is 2.23. The highest BCUT2D eigenvalue weighted by molar-refractivity contribution is 5.85. The molecule has 0 aromatic heterocycles. The second-order valence-electron chi connectivity index (χ2n) is 5.63. The van der Waals surface area contributed by atoms with E-state index in [1.54, 1.807) is 12.0 Å². The van der Waals surface area contributed by atoms with Gasteiger partial charge in [0.25, 0.3) is 0 Å². The molecule has 2 amide bonds. The number of piperidine rings is 1. The largest absolute Gasteiger partial charge is 0.383 e. The lowest BCUT2D eigenvalue weighted by Gasteiger charge is -2.37. The van der Waals surface area contributed by atoms with E-state index in [1.165, 1.54) is 0 Å². The number of hydrogen-bond donors (Lipinski definition) is 2. The van der Waals surface area contributed by atoms with Gasteiger partial charge in [0.15, 0.2) is 0 Å². The number of nitrogens with one attached hydrogen (secondary N) is 1. The van der Waals surface area contributed by atoms with Crippen molar-refractivity contribution in [2.75, 3.05) is 26.8 Å². The molecule has 0 radical (unpaired) electrons. The van der Waals surface area contributed by atoms with Gasteiger partial charge in [0.2, 0.25) is 11.8 Å². The zero-order valence-electron chi connectivity index (χ0n) is 13.1. The predicted octanol–water partition coefficient (Wildman–Crippen LogP) is 0.535. The van der Waals surface area contributed by atoms with Crippen LogP contribution < -0.4 is 11.1 Å². The fourth-order valence-electron chi connectivity index (χ4n) is 2.48. The van der Waals surface area contributed by atoms with Crippen molar-refractivity contribution < 1.29 is 14.3 Å². The number of hydrogen-bond acceptors (Lipinski definition) is 4. The van der Waals surface area contributed by atoms with Crippen LogP contribution in [0.15, 0.2) is 0 Å². The van der Waals surface area contributed by atoms with Crippen molar-refractivity contribution >= 4 is 24.2 Å². The van der Waals surface area contributed by atoms with Gasteiger partial charge in [-0.1, -0.05) is 0 Å². The number of likely N-dealkylation sites (tertiary alicyclic amines) is 1. The summed E-state index contributed by atoms with van der Waals surface area (Å²) in [4.78, 5) is 26.0. The maximum absolute atomic E-state index is 12.1. The summed E-state index contributed by atoms with van der Waals surface area (Å²) in [5.41, 5.74) is 5.68. The number of rotatable bonds is 6. The summed E-state index contributed by atoms with van der Waals surface area (Å²) in [6, 6.07) is 0.0369. The number of amides is 2. The van der Waals surface area contributed by atoms with E-state index in [-0.39, 0.29) is 42.2 Å². The zero-order chi connectivity index (χ0) is 15.1. The van der Waals surface area contributed by atoms with E-state index in [9.17, 15) is 9.59 Å². The molecule has 1 aliphatic heterocycles. The Morgan fingerprint density at radius 3 is 2.67 bits per heavy atom. The van der Waals surface area contributed by atoms with Crippen LogP contribution in [-0.2, 0) is 14.3 Å². The first kappa shape index (κ1) is 20.1. The van der Waals surface area contributed by atoms with Crippen LogP contribution in [0.1, 0.15) is 33.1 Å². The van der Waals surface area contributed by atoms with E-state index < -0.39 is 0 Å². The van der Waals surface area contributed by atoms with E-state index in [2.05, 4.69) is 5.32 Å². The molecule has 1 rings (SSSR count). The van der Waals surface area contributed by atoms with Crippen molar-refractivity contribution in [2.24, 2.45) is 11.7 Å². The van der Waals surface area contributed by atoms with Gasteiger partial charge in [-0.2, -0.15) is 0 Å². The van der Waals surface area contributed by atoms with Crippen LogP contribution in [-0.4, -0.2) is 55.6 Å². The number of carbonyl (C=O) groups is 2. The second kappa shape index (κ2) is 9.97. The summed E-state index contributed by atoms with van der Waals surface area (Å²) >= 11 is 0. The molecule has 0 spiro atoms. The fraction of sp³-hybridized carbons (Fsp3) is 0.857. The Labute approximate surface area is 133 Å². The molecule has 3 unspecified atom stereocenters. The third kappa shape index (κ3) is 6.63. The monoisotopic (exact) mass is 321 g/mol. The lowest BCUT2D eigenvalue weighted by atomic mass is 9.92. The molecule has 1 fully saturated rings. The summed E-state index contributed by atoms with van der Waals surface area (Å²) in [6.45, 7) is 5.35. The molecule has 0 aliphatic carbocycles. The molecule has 0 aromatic carbocycles. The lowest BCUT2D eigenvalue weighted by Crippen LogP contribution is -2.50. The van der Waals surface area contributed by atoms with E-state index in [0.29, 0.717) is 26.1 Å². The number of carbonyl (C=O) groups excluding carboxylic acids is 2. The van der Waals surface area contributed by atoms with Crippen LogP contribution in [0.3, 0.4) is 0 Å². The molecule has 21 heavy (non-hydrogen) atoms. The SMILES string of the molecule is COCCNC(=O)C1CCC(C)N(C(=O)CC(C)N)C1.Cl. The van der Waals surface area contributed by atoms with Gasteiger partial charge in [-0.15, -0.1) is 12.4 Å². The van der Waals surface area contributed by atoms with Gasteiger partial charge in [-0.25, -0.2) is 0 Å². The van der Waals surface area contributed by atoms with Crippen molar-refractivity contribution in [3.05, 3.63) is 0 Å². The Hall–Kier alpha value is -0.850. The van der Waals surface area contributed by atoms with Crippen molar-refractivity contribution in [1.29, 1.82) is 0 Å². The fourth-order valence-corrected chi connectivity index (χ4v) is 2.48. The van der Waals surface area contributed by atoms with Gasteiger partial charge >= 0.3 is 0 Å². The number of nitrogens with zero attached hydrogens (tertiary/aromatic N) is 1. The number of ether oxygens (including phenoxy) is 1. The Morgan fingerprint density at radius 1 is 1.43 bits per heavy atom. The highest BCUT2D eigenvalue weighted by atomic mass is 35.5. The first-order valence-corrected chi connectivity index (χ1v) is 7.27. The minimum absolute atomic E-state index is 0. The molecule has 1 aliphatic rings. The van der Waals surface area contributed by atoms with E-state index >= 15 is 0 Å². The van der Waals surface area contributed by atoms with E-state index in [4.69, 9.17) is 10.5 Å². The molecule has 6 nitrogen and oxygen atoms in total.